The number of likely N-dealkylation sites (tertiary alicyclic amines) is 1. The summed E-state index contributed by atoms with van der Waals surface area (Å²) in [5.74, 6) is 0. The van der Waals surface area contributed by atoms with E-state index in [2.05, 4.69) is 116 Å². The number of piperazine rings is 2. The molecular weight excluding hydrogens is 681 g/mol. The van der Waals surface area contributed by atoms with Crippen molar-refractivity contribution in [2.24, 2.45) is 0 Å². The molecule has 0 radical (unpaired) electrons. The van der Waals surface area contributed by atoms with Crippen molar-refractivity contribution >= 4 is 23.2 Å². The topological polar surface area (TPSA) is 16.2 Å². The minimum atomic E-state index is 0.275. The molecule has 274 valence electrons. The first-order valence-electron chi connectivity index (χ1n) is 19.5. The van der Waals surface area contributed by atoms with Crippen LogP contribution in [0.4, 0.5) is 0 Å². The summed E-state index contributed by atoms with van der Waals surface area (Å²) in [6.07, 6.45) is 7.46. The van der Waals surface area contributed by atoms with E-state index in [-0.39, 0.29) is 12.1 Å². The molecule has 4 aromatic carbocycles. The predicted octanol–water partition coefficient (Wildman–Crippen LogP) is 8.91. The van der Waals surface area contributed by atoms with Gasteiger partial charge in [0.05, 0.1) is 12.1 Å². The highest BCUT2D eigenvalue weighted by Gasteiger charge is 2.28. The maximum Gasteiger partial charge on any atom is 0.0602 e. The summed E-state index contributed by atoms with van der Waals surface area (Å²) in [5.41, 5.74) is 7.03. The van der Waals surface area contributed by atoms with E-state index in [9.17, 15) is 0 Å². The third-order valence-corrected chi connectivity index (χ3v) is 12.0. The summed E-state index contributed by atoms with van der Waals surface area (Å²) < 4.78 is 0. The molecule has 0 amide bonds. The van der Waals surface area contributed by atoms with Gasteiger partial charge in [0.2, 0.25) is 0 Å². The number of hydrogen-bond donors (Lipinski definition) is 0. The van der Waals surface area contributed by atoms with Crippen molar-refractivity contribution in [3.8, 4) is 0 Å². The van der Waals surface area contributed by atoms with Gasteiger partial charge in [-0.05, 0) is 85.3 Å². The van der Waals surface area contributed by atoms with E-state index in [1.54, 1.807) is 5.57 Å². The zero-order valence-electron chi connectivity index (χ0n) is 30.6. The van der Waals surface area contributed by atoms with E-state index in [1.165, 1.54) is 74.1 Å². The second-order valence-electron chi connectivity index (χ2n) is 14.8. The third kappa shape index (κ3) is 10.1. The van der Waals surface area contributed by atoms with Crippen molar-refractivity contribution in [2.45, 2.75) is 37.8 Å². The zero-order valence-corrected chi connectivity index (χ0v) is 32.1. The monoisotopic (exact) mass is 735 g/mol. The van der Waals surface area contributed by atoms with Gasteiger partial charge in [0, 0.05) is 82.0 Å². The highest BCUT2D eigenvalue weighted by atomic mass is 35.5. The molecule has 2 unspecified atom stereocenters. The quantitative estimate of drug-likeness (QED) is 0.127. The Labute approximate surface area is 322 Å². The average molecular weight is 737 g/mol. The Morgan fingerprint density at radius 1 is 0.442 bits per heavy atom. The second kappa shape index (κ2) is 18.9. The Hall–Kier alpha value is -3.00. The Morgan fingerprint density at radius 3 is 1.27 bits per heavy atom. The van der Waals surface area contributed by atoms with Crippen LogP contribution in [0, 0.1) is 0 Å². The predicted molar refractivity (Wildman–Crippen MR) is 218 cm³/mol. The van der Waals surface area contributed by atoms with E-state index in [0.29, 0.717) is 0 Å². The van der Waals surface area contributed by atoms with Crippen LogP contribution in [0.5, 0.6) is 0 Å². The zero-order chi connectivity index (χ0) is 35.5. The fraction of sp³-hybridized carbons (Fsp3) is 0.422. The standard InChI is InChI=1S/C45H55Cl2N5/c46-42-18-14-40(15-19-42)44(38-10-3-1-4-11-38)51-33-29-49(30-34-51)24-7-9-37-22-27-48(28-23-37)25-8-26-50-31-35-52(36-32-50)45(39-12-5-2-6-13-39)41-16-20-43(47)21-17-41/h1-6,9-21,44-45H,7-8,22-36H2. The first-order chi connectivity index (χ1) is 25.6. The SMILES string of the molecule is Clc1ccc(C(c2ccccc2)N2CCN(CCC=C3CCN(CCCN4CCN(C(c5ccccc5)c5ccc(Cl)cc5)CC4)CC3)CC2)cc1. The summed E-state index contributed by atoms with van der Waals surface area (Å²) in [5, 5.41) is 1.59. The molecule has 0 aliphatic carbocycles. The number of nitrogens with zero attached hydrogens (tertiary/aromatic N) is 5. The van der Waals surface area contributed by atoms with Crippen LogP contribution in [-0.4, -0.2) is 110 Å². The highest BCUT2D eigenvalue weighted by molar-refractivity contribution is 6.30. The lowest BCUT2D eigenvalue weighted by Gasteiger charge is -2.40. The fourth-order valence-electron chi connectivity index (χ4n) is 8.52. The first-order valence-corrected chi connectivity index (χ1v) is 20.3. The van der Waals surface area contributed by atoms with Crippen molar-refractivity contribution in [2.75, 3.05) is 85.1 Å². The van der Waals surface area contributed by atoms with Crippen molar-refractivity contribution < 1.29 is 0 Å². The molecule has 0 N–H and O–H groups in total. The van der Waals surface area contributed by atoms with Crippen LogP contribution in [0.25, 0.3) is 0 Å². The molecule has 0 aromatic heterocycles. The minimum absolute atomic E-state index is 0.275. The summed E-state index contributed by atoms with van der Waals surface area (Å²) in [6, 6.07) is 39.3. The number of hydrogen-bond acceptors (Lipinski definition) is 5. The number of halogens is 2. The van der Waals surface area contributed by atoms with Gasteiger partial charge in [-0.3, -0.25) is 9.80 Å². The van der Waals surface area contributed by atoms with Gasteiger partial charge in [0.15, 0.2) is 0 Å². The van der Waals surface area contributed by atoms with E-state index in [4.69, 9.17) is 23.2 Å². The Kier molecular flexibility index (Phi) is 13.5. The van der Waals surface area contributed by atoms with Crippen LogP contribution in [0.1, 0.15) is 60.0 Å². The summed E-state index contributed by atoms with van der Waals surface area (Å²) >= 11 is 12.5. The van der Waals surface area contributed by atoms with Gasteiger partial charge in [-0.1, -0.05) is 120 Å². The van der Waals surface area contributed by atoms with Gasteiger partial charge in [0.1, 0.15) is 0 Å². The van der Waals surface area contributed by atoms with Crippen LogP contribution < -0.4 is 0 Å². The fourth-order valence-corrected chi connectivity index (χ4v) is 8.77. The van der Waals surface area contributed by atoms with Crippen molar-refractivity contribution in [3.05, 3.63) is 153 Å². The van der Waals surface area contributed by atoms with Crippen LogP contribution in [0.3, 0.4) is 0 Å². The summed E-state index contributed by atoms with van der Waals surface area (Å²) in [6.45, 7) is 14.9. The Balaban J connectivity index is 0.796. The lowest BCUT2D eigenvalue weighted by Crippen LogP contribution is -2.48. The number of piperidine rings is 1. The molecule has 3 fully saturated rings. The number of rotatable bonds is 13. The molecule has 3 heterocycles. The van der Waals surface area contributed by atoms with Crippen LogP contribution in [0.15, 0.2) is 121 Å². The van der Waals surface area contributed by atoms with Crippen LogP contribution in [0.2, 0.25) is 10.0 Å². The Morgan fingerprint density at radius 2 is 0.827 bits per heavy atom. The molecule has 0 spiro atoms. The molecule has 0 bridgehead atoms. The molecule has 7 rings (SSSR count). The molecule has 0 saturated carbocycles. The van der Waals surface area contributed by atoms with Gasteiger partial charge in [-0.25, -0.2) is 0 Å². The molecule has 5 nitrogen and oxygen atoms in total. The molecule has 2 atom stereocenters. The van der Waals surface area contributed by atoms with E-state index in [1.807, 2.05) is 24.3 Å². The lowest BCUT2D eigenvalue weighted by molar-refractivity contribution is 0.105. The van der Waals surface area contributed by atoms with Gasteiger partial charge < -0.3 is 14.7 Å². The van der Waals surface area contributed by atoms with E-state index < -0.39 is 0 Å². The van der Waals surface area contributed by atoms with Crippen molar-refractivity contribution in [1.29, 1.82) is 0 Å². The normalized spacial score (nSPS) is 19.8. The second-order valence-corrected chi connectivity index (χ2v) is 15.7. The maximum absolute atomic E-state index is 6.24. The molecular formula is C45H55Cl2N5. The lowest BCUT2D eigenvalue weighted by atomic mass is 9.96. The first kappa shape index (κ1) is 37.3. The average Bonchev–Trinajstić information content (AvgIpc) is 3.19. The summed E-state index contributed by atoms with van der Waals surface area (Å²) in [7, 11) is 0. The molecule has 52 heavy (non-hydrogen) atoms. The molecule has 3 saturated heterocycles. The molecule has 3 aliphatic heterocycles. The van der Waals surface area contributed by atoms with E-state index >= 15 is 0 Å². The largest absolute Gasteiger partial charge is 0.303 e. The van der Waals surface area contributed by atoms with Gasteiger partial charge in [0.25, 0.3) is 0 Å². The molecule has 3 aliphatic rings. The van der Waals surface area contributed by atoms with Crippen molar-refractivity contribution in [1.82, 2.24) is 24.5 Å². The van der Waals surface area contributed by atoms with Crippen molar-refractivity contribution in [3.63, 3.8) is 0 Å². The minimum Gasteiger partial charge on any atom is -0.303 e. The number of benzene rings is 4. The third-order valence-electron chi connectivity index (χ3n) is 11.5. The van der Waals surface area contributed by atoms with Gasteiger partial charge in [-0.2, -0.15) is 0 Å². The van der Waals surface area contributed by atoms with Crippen LogP contribution >= 0.6 is 23.2 Å². The Bertz CT molecular complexity index is 1650. The van der Waals surface area contributed by atoms with Gasteiger partial charge in [-0.15, -0.1) is 0 Å². The highest BCUT2D eigenvalue weighted by Crippen LogP contribution is 2.32. The van der Waals surface area contributed by atoms with Gasteiger partial charge >= 0.3 is 0 Å². The maximum atomic E-state index is 6.24. The van der Waals surface area contributed by atoms with E-state index in [0.717, 1.165) is 68.9 Å². The molecule has 7 heteroatoms. The summed E-state index contributed by atoms with van der Waals surface area (Å²) in [4.78, 5) is 13.3. The van der Waals surface area contributed by atoms with Crippen LogP contribution in [-0.2, 0) is 0 Å². The smallest absolute Gasteiger partial charge is 0.0602 e. The molecule has 4 aromatic rings.